The van der Waals surface area contributed by atoms with Gasteiger partial charge in [0.1, 0.15) is 5.82 Å². The zero-order valence-corrected chi connectivity index (χ0v) is 9.90. The second-order valence-electron chi connectivity index (χ2n) is 5.44. The molecule has 0 radical (unpaired) electrons. The van der Waals surface area contributed by atoms with Crippen molar-refractivity contribution in [3.05, 3.63) is 35.6 Å². The van der Waals surface area contributed by atoms with Gasteiger partial charge in [0, 0.05) is 18.1 Å². The van der Waals surface area contributed by atoms with Crippen LogP contribution < -0.4 is 11.1 Å². The van der Waals surface area contributed by atoms with Crippen molar-refractivity contribution in [2.75, 3.05) is 0 Å². The molecule has 0 aromatic heterocycles. The summed E-state index contributed by atoms with van der Waals surface area (Å²) in [6, 6.07) is 8.32. The molecule has 0 aliphatic carbocycles. The summed E-state index contributed by atoms with van der Waals surface area (Å²) in [6.45, 7) is 0. The number of nitrogens with one attached hydrogen (secondary N) is 1. The normalized spacial score (nSPS) is 36.1. The van der Waals surface area contributed by atoms with Crippen LogP contribution in [-0.4, -0.2) is 18.1 Å². The number of piperidine rings is 1. The molecule has 17 heavy (non-hydrogen) atoms. The smallest absolute Gasteiger partial charge is 0.123 e. The molecule has 2 bridgehead atoms. The molecule has 4 atom stereocenters. The lowest BCUT2D eigenvalue weighted by atomic mass is 9.83. The summed E-state index contributed by atoms with van der Waals surface area (Å²) in [6.07, 6.45) is 4.43. The van der Waals surface area contributed by atoms with Crippen molar-refractivity contribution in [1.29, 1.82) is 0 Å². The topological polar surface area (TPSA) is 38.0 Å². The molecule has 3 N–H and O–H groups in total. The molecule has 92 valence electrons. The summed E-state index contributed by atoms with van der Waals surface area (Å²) in [4.78, 5) is 0. The summed E-state index contributed by atoms with van der Waals surface area (Å²) in [5.41, 5.74) is 7.32. The van der Waals surface area contributed by atoms with Crippen LogP contribution in [0.4, 0.5) is 4.39 Å². The first kappa shape index (κ1) is 11.2. The van der Waals surface area contributed by atoms with Crippen LogP contribution in [0.5, 0.6) is 0 Å². The molecule has 0 amide bonds. The van der Waals surface area contributed by atoms with E-state index < -0.39 is 0 Å². The molecular weight excluding hydrogens is 215 g/mol. The molecular formula is C14H19FN2. The fourth-order valence-corrected chi connectivity index (χ4v) is 3.41. The summed E-state index contributed by atoms with van der Waals surface area (Å²) in [5.74, 6) is 0.305. The molecule has 2 aliphatic rings. The number of hydrogen-bond donors (Lipinski definition) is 2. The van der Waals surface area contributed by atoms with Gasteiger partial charge in [0.2, 0.25) is 0 Å². The first-order chi connectivity index (χ1) is 8.22. The summed E-state index contributed by atoms with van der Waals surface area (Å²) < 4.78 is 13.2. The summed E-state index contributed by atoms with van der Waals surface area (Å²) in [7, 11) is 0. The Kier molecular flexibility index (Phi) is 2.89. The van der Waals surface area contributed by atoms with Gasteiger partial charge in [-0.15, -0.1) is 0 Å². The van der Waals surface area contributed by atoms with E-state index in [1.165, 1.54) is 18.9 Å². The average molecular weight is 234 g/mol. The van der Waals surface area contributed by atoms with Crippen molar-refractivity contribution in [3.8, 4) is 0 Å². The standard InChI is InChI=1S/C14H19FN2/c15-10-3-1-2-9(6-10)7-12-13(16)8-11-4-5-14(12)17-11/h1-3,6,11-14,17H,4-5,7-8,16H2. The van der Waals surface area contributed by atoms with E-state index in [1.807, 2.05) is 6.07 Å². The highest BCUT2D eigenvalue weighted by Crippen LogP contribution is 2.32. The van der Waals surface area contributed by atoms with E-state index in [0.717, 1.165) is 18.4 Å². The largest absolute Gasteiger partial charge is 0.327 e. The molecule has 3 rings (SSSR count). The number of hydrogen-bond acceptors (Lipinski definition) is 2. The van der Waals surface area contributed by atoms with Crippen LogP contribution >= 0.6 is 0 Å². The number of benzene rings is 1. The highest BCUT2D eigenvalue weighted by Gasteiger charge is 2.39. The predicted molar refractivity (Wildman–Crippen MR) is 66.1 cm³/mol. The van der Waals surface area contributed by atoms with E-state index in [0.29, 0.717) is 18.0 Å². The minimum Gasteiger partial charge on any atom is -0.327 e. The Morgan fingerprint density at radius 3 is 3.06 bits per heavy atom. The Hall–Kier alpha value is -0.930. The lowest BCUT2D eigenvalue weighted by Gasteiger charge is -2.35. The fourth-order valence-electron chi connectivity index (χ4n) is 3.41. The van der Waals surface area contributed by atoms with Crippen LogP contribution in [0.2, 0.25) is 0 Å². The average Bonchev–Trinajstić information content (AvgIpc) is 2.68. The van der Waals surface area contributed by atoms with E-state index in [4.69, 9.17) is 5.73 Å². The van der Waals surface area contributed by atoms with Gasteiger partial charge >= 0.3 is 0 Å². The molecule has 2 nitrogen and oxygen atoms in total. The van der Waals surface area contributed by atoms with Crippen molar-refractivity contribution in [1.82, 2.24) is 5.32 Å². The van der Waals surface area contributed by atoms with Crippen molar-refractivity contribution in [2.45, 2.75) is 43.8 Å². The van der Waals surface area contributed by atoms with Crippen molar-refractivity contribution >= 4 is 0 Å². The number of fused-ring (bicyclic) bond motifs is 2. The van der Waals surface area contributed by atoms with Crippen LogP contribution in [0.25, 0.3) is 0 Å². The molecule has 2 saturated heterocycles. The van der Waals surface area contributed by atoms with Gasteiger partial charge in [-0.3, -0.25) is 0 Å². The van der Waals surface area contributed by atoms with Crippen LogP contribution in [0, 0.1) is 11.7 Å². The van der Waals surface area contributed by atoms with Gasteiger partial charge in [0.15, 0.2) is 0 Å². The maximum atomic E-state index is 13.2. The number of halogens is 1. The molecule has 2 aliphatic heterocycles. The summed E-state index contributed by atoms with van der Waals surface area (Å²) in [5, 5.41) is 3.63. The van der Waals surface area contributed by atoms with Gasteiger partial charge in [-0.2, -0.15) is 0 Å². The third-order valence-corrected chi connectivity index (χ3v) is 4.26. The van der Waals surface area contributed by atoms with Gasteiger partial charge in [0.05, 0.1) is 0 Å². The van der Waals surface area contributed by atoms with E-state index in [1.54, 1.807) is 12.1 Å². The van der Waals surface area contributed by atoms with Gasteiger partial charge in [-0.1, -0.05) is 12.1 Å². The van der Waals surface area contributed by atoms with Crippen LogP contribution in [0.3, 0.4) is 0 Å². The van der Waals surface area contributed by atoms with E-state index >= 15 is 0 Å². The van der Waals surface area contributed by atoms with E-state index in [-0.39, 0.29) is 11.9 Å². The second kappa shape index (κ2) is 4.39. The highest BCUT2D eigenvalue weighted by molar-refractivity contribution is 5.18. The zero-order chi connectivity index (χ0) is 11.8. The Bertz CT molecular complexity index is 407. The van der Waals surface area contributed by atoms with Gasteiger partial charge < -0.3 is 11.1 Å². The molecule has 2 fully saturated rings. The lowest BCUT2D eigenvalue weighted by Crippen LogP contribution is -2.52. The van der Waals surface area contributed by atoms with Crippen molar-refractivity contribution in [2.24, 2.45) is 11.7 Å². The fraction of sp³-hybridized carbons (Fsp3) is 0.571. The first-order valence-corrected chi connectivity index (χ1v) is 6.48. The number of nitrogens with two attached hydrogens (primary N) is 1. The molecule has 1 aromatic rings. The molecule has 0 saturated carbocycles. The second-order valence-corrected chi connectivity index (χ2v) is 5.44. The molecule has 1 aromatic carbocycles. The first-order valence-electron chi connectivity index (χ1n) is 6.48. The van der Waals surface area contributed by atoms with Crippen LogP contribution in [0.1, 0.15) is 24.8 Å². The predicted octanol–water partition coefficient (Wildman–Crippen LogP) is 1.84. The lowest BCUT2D eigenvalue weighted by molar-refractivity contribution is 0.250. The van der Waals surface area contributed by atoms with E-state index in [9.17, 15) is 4.39 Å². The Morgan fingerprint density at radius 2 is 2.24 bits per heavy atom. The SMILES string of the molecule is NC1CC2CCC(N2)C1Cc1cccc(F)c1. The summed E-state index contributed by atoms with van der Waals surface area (Å²) >= 11 is 0. The molecule has 4 unspecified atom stereocenters. The third-order valence-electron chi connectivity index (χ3n) is 4.26. The van der Waals surface area contributed by atoms with Gasteiger partial charge in [-0.25, -0.2) is 4.39 Å². The van der Waals surface area contributed by atoms with Gasteiger partial charge in [0.25, 0.3) is 0 Å². The van der Waals surface area contributed by atoms with Crippen LogP contribution in [-0.2, 0) is 6.42 Å². The Morgan fingerprint density at radius 1 is 1.35 bits per heavy atom. The van der Waals surface area contributed by atoms with Crippen molar-refractivity contribution in [3.63, 3.8) is 0 Å². The highest BCUT2D eigenvalue weighted by atomic mass is 19.1. The monoisotopic (exact) mass is 234 g/mol. The maximum absolute atomic E-state index is 13.2. The molecule has 2 heterocycles. The third kappa shape index (κ3) is 2.22. The number of rotatable bonds is 2. The minimum absolute atomic E-state index is 0.149. The quantitative estimate of drug-likeness (QED) is 0.819. The Labute approximate surface area is 101 Å². The van der Waals surface area contributed by atoms with E-state index in [2.05, 4.69) is 5.32 Å². The Balaban J connectivity index is 1.75. The molecule has 3 heteroatoms. The van der Waals surface area contributed by atoms with Gasteiger partial charge in [-0.05, 0) is 49.3 Å². The van der Waals surface area contributed by atoms with Crippen LogP contribution in [0.15, 0.2) is 24.3 Å². The molecule has 0 spiro atoms. The maximum Gasteiger partial charge on any atom is 0.123 e. The minimum atomic E-state index is -0.149. The van der Waals surface area contributed by atoms with Crippen molar-refractivity contribution < 1.29 is 4.39 Å². The zero-order valence-electron chi connectivity index (χ0n) is 9.90.